The highest BCUT2D eigenvalue weighted by molar-refractivity contribution is 9.13. The highest BCUT2D eigenvalue weighted by atomic mass is 79.9. The Labute approximate surface area is 116 Å². The molecule has 13 heavy (non-hydrogen) atoms. The minimum atomic E-state index is 0. The SMILES string of the molecule is BrNNc1cc(Br)c(Br)cc1Br.Cl. The van der Waals surface area contributed by atoms with Gasteiger partial charge in [0.15, 0.2) is 0 Å². The predicted octanol–water partition coefficient (Wildman–Crippen LogP) is 4.62. The van der Waals surface area contributed by atoms with Gasteiger partial charge in [-0.3, -0.25) is 0 Å². The molecule has 0 radical (unpaired) electrons. The molecule has 0 saturated heterocycles. The second-order valence-electron chi connectivity index (χ2n) is 1.97. The summed E-state index contributed by atoms with van der Waals surface area (Å²) in [7, 11) is 0. The quantitative estimate of drug-likeness (QED) is 0.383. The molecule has 0 amide bonds. The first-order chi connectivity index (χ1) is 5.65. The fourth-order valence-corrected chi connectivity index (χ4v) is 2.32. The topological polar surface area (TPSA) is 24.1 Å². The molecule has 1 aromatic carbocycles. The van der Waals surface area contributed by atoms with E-state index in [0.717, 1.165) is 19.1 Å². The number of hydrogen-bond donors (Lipinski definition) is 2. The Hall–Kier alpha value is 1.19. The number of halogens is 5. The van der Waals surface area contributed by atoms with Crippen molar-refractivity contribution < 1.29 is 0 Å². The molecule has 0 aliphatic carbocycles. The Morgan fingerprint density at radius 2 is 1.46 bits per heavy atom. The minimum absolute atomic E-state index is 0. The van der Waals surface area contributed by atoms with Gasteiger partial charge in [0.25, 0.3) is 0 Å². The van der Waals surface area contributed by atoms with Crippen LogP contribution in [-0.4, -0.2) is 0 Å². The van der Waals surface area contributed by atoms with Gasteiger partial charge in [-0.05, 0) is 59.9 Å². The Kier molecular flexibility index (Phi) is 7.24. The molecule has 0 saturated carbocycles. The van der Waals surface area contributed by atoms with Crippen molar-refractivity contribution in [1.82, 2.24) is 4.45 Å². The van der Waals surface area contributed by atoms with Crippen molar-refractivity contribution in [2.45, 2.75) is 0 Å². The lowest BCUT2D eigenvalue weighted by molar-refractivity contribution is 1.23. The van der Waals surface area contributed by atoms with Gasteiger partial charge in [0.1, 0.15) is 0 Å². The van der Waals surface area contributed by atoms with Crippen molar-refractivity contribution in [3.8, 4) is 0 Å². The van der Waals surface area contributed by atoms with Gasteiger partial charge in [-0.15, -0.1) is 12.4 Å². The van der Waals surface area contributed by atoms with Crippen molar-refractivity contribution in [3.05, 3.63) is 25.6 Å². The van der Waals surface area contributed by atoms with Gasteiger partial charge in [-0.2, -0.15) is 4.45 Å². The van der Waals surface area contributed by atoms with Crippen molar-refractivity contribution in [1.29, 1.82) is 0 Å². The third-order valence-electron chi connectivity index (χ3n) is 1.19. The fraction of sp³-hybridized carbons (Fsp3) is 0. The Morgan fingerprint density at radius 1 is 0.923 bits per heavy atom. The number of benzene rings is 1. The highest BCUT2D eigenvalue weighted by Gasteiger charge is 2.03. The van der Waals surface area contributed by atoms with Gasteiger partial charge < -0.3 is 5.43 Å². The summed E-state index contributed by atoms with van der Waals surface area (Å²) in [4.78, 5) is 0. The first kappa shape index (κ1) is 14.2. The molecule has 0 unspecified atom stereocenters. The van der Waals surface area contributed by atoms with Gasteiger partial charge in [0.2, 0.25) is 0 Å². The molecule has 0 fully saturated rings. The third-order valence-corrected chi connectivity index (χ3v) is 3.89. The zero-order chi connectivity index (χ0) is 9.14. The fourth-order valence-electron chi connectivity index (χ4n) is 0.669. The molecule has 0 heterocycles. The van der Waals surface area contributed by atoms with Crippen LogP contribution in [0.15, 0.2) is 25.6 Å². The zero-order valence-corrected chi connectivity index (χ0v) is 13.2. The third kappa shape index (κ3) is 4.05. The van der Waals surface area contributed by atoms with Gasteiger partial charge in [-0.1, -0.05) is 0 Å². The van der Waals surface area contributed by atoms with E-state index in [9.17, 15) is 0 Å². The maximum Gasteiger partial charge on any atom is 0.0650 e. The normalized spacial score (nSPS) is 9.23. The van der Waals surface area contributed by atoms with E-state index in [1.807, 2.05) is 12.1 Å². The smallest absolute Gasteiger partial charge is 0.0650 e. The summed E-state index contributed by atoms with van der Waals surface area (Å²) in [5.41, 5.74) is 3.86. The Bertz CT molecular complexity index is 294. The lowest BCUT2D eigenvalue weighted by Crippen LogP contribution is -2.08. The van der Waals surface area contributed by atoms with E-state index in [4.69, 9.17) is 0 Å². The van der Waals surface area contributed by atoms with E-state index >= 15 is 0 Å². The number of hydrogen-bond acceptors (Lipinski definition) is 2. The monoisotopic (exact) mass is 456 g/mol. The predicted molar refractivity (Wildman–Crippen MR) is 72.5 cm³/mol. The highest BCUT2D eigenvalue weighted by Crippen LogP contribution is 2.32. The molecule has 0 aliphatic heterocycles. The van der Waals surface area contributed by atoms with E-state index in [1.54, 1.807) is 0 Å². The summed E-state index contributed by atoms with van der Waals surface area (Å²) in [6.45, 7) is 0. The molecular weight excluding hydrogens is 455 g/mol. The number of anilines is 1. The maximum absolute atomic E-state index is 3.41. The van der Waals surface area contributed by atoms with Crippen molar-refractivity contribution in [2.24, 2.45) is 0 Å². The molecular formula is C6H5Br4ClN2. The van der Waals surface area contributed by atoms with E-state index in [1.165, 1.54) is 0 Å². The van der Waals surface area contributed by atoms with E-state index in [0.29, 0.717) is 0 Å². The average Bonchev–Trinajstić information content (AvgIpc) is 2.01. The first-order valence-corrected chi connectivity index (χ1v) is 6.08. The summed E-state index contributed by atoms with van der Waals surface area (Å²) in [5.74, 6) is 0. The van der Waals surface area contributed by atoms with Crippen LogP contribution in [0.1, 0.15) is 0 Å². The molecule has 7 heteroatoms. The molecule has 2 nitrogen and oxygen atoms in total. The molecule has 74 valence electrons. The van der Waals surface area contributed by atoms with Crippen LogP contribution >= 0.6 is 76.3 Å². The van der Waals surface area contributed by atoms with Crippen molar-refractivity contribution in [2.75, 3.05) is 5.43 Å². The van der Waals surface area contributed by atoms with Gasteiger partial charge in [0.05, 0.1) is 5.69 Å². The van der Waals surface area contributed by atoms with Crippen molar-refractivity contribution >= 4 is 82.0 Å². The second kappa shape index (κ2) is 6.63. The van der Waals surface area contributed by atoms with Gasteiger partial charge in [0, 0.05) is 29.6 Å². The molecule has 0 aromatic heterocycles. The summed E-state index contributed by atoms with van der Waals surface area (Å²) < 4.78 is 5.65. The summed E-state index contributed by atoms with van der Waals surface area (Å²) >= 11 is 13.3. The van der Waals surface area contributed by atoms with Crippen LogP contribution in [0, 0.1) is 0 Å². The van der Waals surface area contributed by atoms with Crippen LogP contribution in [0.25, 0.3) is 0 Å². The van der Waals surface area contributed by atoms with Crippen LogP contribution in [0.2, 0.25) is 0 Å². The lowest BCUT2D eigenvalue weighted by atomic mass is 10.3. The molecule has 2 N–H and O–H groups in total. The molecule has 0 spiro atoms. The Morgan fingerprint density at radius 3 is 2.00 bits per heavy atom. The van der Waals surface area contributed by atoms with E-state index in [-0.39, 0.29) is 12.4 Å². The second-order valence-corrected chi connectivity index (χ2v) is 4.93. The molecule has 0 atom stereocenters. The molecule has 1 aromatic rings. The van der Waals surface area contributed by atoms with E-state index in [2.05, 4.69) is 73.8 Å². The summed E-state index contributed by atoms with van der Waals surface area (Å²) in [6.07, 6.45) is 0. The van der Waals surface area contributed by atoms with Crippen LogP contribution in [0.3, 0.4) is 0 Å². The molecule has 0 bridgehead atoms. The number of nitrogens with one attached hydrogen (secondary N) is 2. The number of rotatable bonds is 2. The maximum atomic E-state index is 3.41. The minimum Gasteiger partial charge on any atom is -0.310 e. The van der Waals surface area contributed by atoms with Gasteiger partial charge in [-0.25, -0.2) is 0 Å². The van der Waals surface area contributed by atoms with E-state index < -0.39 is 0 Å². The Balaban J connectivity index is 0.00000144. The zero-order valence-electron chi connectivity index (χ0n) is 6.07. The van der Waals surface area contributed by atoms with Crippen LogP contribution < -0.4 is 9.88 Å². The largest absolute Gasteiger partial charge is 0.310 e. The first-order valence-electron chi connectivity index (χ1n) is 2.91. The van der Waals surface area contributed by atoms with Crippen LogP contribution in [-0.2, 0) is 0 Å². The van der Waals surface area contributed by atoms with Crippen LogP contribution in [0.4, 0.5) is 5.69 Å². The van der Waals surface area contributed by atoms with Crippen molar-refractivity contribution in [3.63, 3.8) is 0 Å². The standard InChI is InChI=1S/C6H4Br4N2.ClH/c7-3-1-5(9)6(11-12-10)2-4(3)8;/h1-2,11-12H;1H. The average molecular weight is 460 g/mol. The van der Waals surface area contributed by atoms with Gasteiger partial charge >= 0.3 is 0 Å². The summed E-state index contributed by atoms with van der Waals surface area (Å²) in [5, 5.41) is 0. The molecule has 0 aliphatic rings. The lowest BCUT2D eigenvalue weighted by Gasteiger charge is -2.07. The van der Waals surface area contributed by atoms with Crippen LogP contribution in [0.5, 0.6) is 0 Å². The summed E-state index contributed by atoms with van der Waals surface area (Å²) in [6, 6.07) is 3.90. The molecule has 1 rings (SSSR count). The number of hydrazine groups is 1.